The van der Waals surface area contributed by atoms with Crippen LogP contribution in [0.5, 0.6) is 5.75 Å². The third kappa shape index (κ3) is 4.44. The minimum atomic E-state index is -2.10. The van der Waals surface area contributed by atoms with Crippen LogP contribution in [0.1, 0.15) is 0 Å². The number of ether oxygens (including phenoxy) is 1. The fraction of sp³-hybridized carbons (Fsp3) is 0.273. The lowest BCUT2D eigenvalue weighted by atomic mass is 10.3. The molecule has 88 valence electrons. The van der Waals surface area contributed by atoms with E-state index in [1.54, 1.807) is 30.3 Å². The first-order valence-electron chi connectivity index (χ1n) is 4.86. The SMILES string of the molecule is C[Si](C)(C)OC(Oc1ccccc1)=C(F)F. The molecule has 0 aromatic heterocycles. The molecule has 0 aliphatic heterocycles. The predicted octanol–water partition coefficient (Wildman–Crippen LogP) is 3.98. The van der Waals surface area contributed by atoms with Crippen molar-refractivity contribution >= 4 is 8.32 Å². The predicted molar refractivity (Wildman–Crippen MR) is 60.7 cm³/mol. The molecule has 0 aliphatic rings. The molecular weight excluding hydrogens is 230 g/mol. The third-order valence-corrected chi connectivity index (χ3v) is 2.30. The van der Waals surface area contributed by atoms with Crippen molar-refractivity contribution in [2.24, 2.45) is 0 Å². The standard InChI is InChI=1S/C11H14F2O2Si/c1-16(2,3)15-11(10(12)13)14-9-7-5-4-6-8-9/h4-8H,1-3H3. The second-order valence-electron chi connectivity index (χ2n) is 4.18. The van der Waals surface area contributed by atoms with Crippen molar-refractivity contribution in [2.75, 3.05) is 0 Å². The van der Waals surface area contributed by atoms with Crippen LogP contribution in [0.15, 0.2) is 42.4 Å². The van der Waals surface area contributed by atoms with E-state index in [0.717, 1.165) is 0 Å². The molecule has 0 amide bonds. The molecule has 0 aliphatic carbocycles. The van der Waals surface area contributed by atoms with Gasteiger partial charge in [0.05, 0.1) is 0 Å². The third-order valence-electron chi connectivity index (χ3n) is 1.51. The zero-order valence-corrected chi connectivity index (χ0v) is 10.5. The van der Waals surface area contributed by atoms with Crippen LogP contribution in [-0.4, -0.2) is 8.32 Å². The lowest BCUT2D eigenvalue weighted by Crippen LogP contribution is -2.26. The van der Waals surface area contributed by atoms with Gasteiger partial charge in [0, 0.05) is 0 Å². The highest BCUT2D eigenvalue weighted by Gasteiger charge is 2.22. The quantitative estimate of drug-likeness (QED) is 0.589. The summed E-state index contributed by atoms with van der Waals surface area (Å²) in [7, 11) is -2.10. The Morgan fingerprint density at radius 3 is 2.06 bits per heavy atom. The largest absolute Gasteiger partial charge is 0.516 e. The Balaban J connectivity index is 2.79. The van der Waals surface area contributed by atoms with Crippen molar-refractivity contribution in [3.05, 3.63) is 42.4 Å². The van der Waals surface area contributed by atoms with Crippen molar-refractivity contribution in [3.8, 4) is 5.75 Å². The van der Waals surface area contributed by atoms with Gasteiger partial charge in [-0.15, -0.1) is 0 Å². The number of para-hydroxylation sites is 1. The van der Waals surface area contributed by atoms with E-state index in [2.05, 4.69) is 0 Å². The van der Waals surface area contributed by atoms with Gasteiger partial charge in [0.25, 0.3) is 0 Å². The average molecular weight is 244 g/mol. The van der Waals surface area contributed by atoms with Crippen molar-refractivity contribution in [1.82, 2.24) is 0 Å². The molecule has 1 aromatic rings. The Kier molecular flexibility index (Phi) is 4.06. The highest BCUT2D eigenvalue weighted by molar-refractivity contribution is 6.70. The van der Waals surface area contributed by atoms with Crippen molar-refractivity contribution in [2.45, 2.75) is 19.6 Å². The minimum absolute atomic E-state index is 0.337. The van der Waals surface area contributed by atoms with Crippen LogP contribution in [0.25, 0.3) is 0 Å². The zero-order chi connectivity index (χ0) is 12.2. The van der Waals surface area contributed by atoms with Gasteiger partial charge >= 0.3 is 12.0 Å². The van der Waals surface area contributed by atoms with Gasteiger partial charge in [0.2, 0.25) is 8.32 Å². The molecule has 16 heavy (non-hydrogen) atoms. The van der Waals surface area contributed by atoms with Crippen molar-refractivity contribution < 1.29 is 17.9 Å². The van der Waals surface area contributed by atoms with E-state index >= 15 is 0 Å². The summed E-state index contributed by atoms with van der Waals surface area (Å²) in [6.07, 6.45) is -1.94. The van der Waals surface area contributed by atoms with E-state index in [-0.39, 0.29) is 0 Å². The van der Waals surface area contributed by atoms with Crippen LogP contribution < -0.4 is 4.74 Å². The maximum absolute atomic E-state index is 12.6. The molecular formula is C11H14F2O2Si. The van der Waals surface area contributed by atoms with E-state index in [4.69, 9.17) is 9.16 Å². The molecule has 1 rings (SSSR count). The number of benzene rings is 1. The summed E-state index contributed by atoms with van der Waals surface area (Å²) in [5, 5.41) is 0. The average Bonchev–Trinajstić information content (AvgIpc) is 2.16. The molecule has 0 N–H and O–H groups in total. The minimum Gasteiger partial charge on any atom is -0.516 e. The summed E-state index contributed by atoms with van der Waals surface area (Å²) in [4.78, 5) is 0. The summed E-state index contributed by atoms with van der Waals surface area (Å²) in [6.45, 7) is 5.43. The first-order chi connectivity index (χ1) is 7.38. The van der Waals surface area contributed by atoms with Gasteiger partial charge < -0.3 is 9.16 Å². The first kappa shape index (κ1) is 12.7. The number of hydrogen-bond donors (Lipinski definition) is 0. The summed E-state index contributed by atoms with van der Waals surface area (Å²) < 4.78 is 35.3. The molecule has 1 aromatic carbocycles. The fourth-order valence-corrected chi connectivity index (χ4v) is 1.65. The first-order valence-corrected chi connectivity index (χ1v) is 8.26. The van der Waals surface area contributed by atoms with Crippen LogP contribution in [0, 0.1) is 0 Å². The highest BCUT2D eigenvalue weighted by Crippen LogP contribution is 2.21. The molecule has 0 atom stereocenters. The lowest BCUT2D eigenvalue weighted by Gasteiger charge is -2.20. The fourth-order valence-electron chi connectivity index (χ4n) is 0.972. The molecule has 0 spiro atoms. The normalized spacial score (nSPS) is 10.8. The molecule has 2 nitrogen and oxygen atoms in total. The van der Waals surface area contributed by atoms with Crippen molar-refractivity contribution in [3.63, 3.8) is 0 Å². The molecule has 0 saturated heterocycles. The van der Waals surface area contributed by atoms with Gasteiger partial charge in [0.15, 0.2) is 0 Å². The van der Waals surface area contributed by atoms with Crippen LogP contribution in [0.2, 0.25) is 19.6 Å². The lowest BCUT2D eigenvalue weighted by molar-refractivity contribution is 0.178. The van der Waals surface area contributed by atoms with E-state index < -0.39 is 20.3 Å². The Morgan fingerprint density at radius 1 is 1.06 bits per heavy atom. The highest BCUT2D eigenvalue weighted by atomic mass is 28.4. The van der Waals surface area contributed by atoms with Gasteiger partial charge in [-0.05, 0) is 31.8 Å². The van der Waals surface area contributed by atoms with Gasteiger partial charge in [-0.25, -0.2) is 0 Å². The molecule has 0 heterocycles. The number of hydrogen-bond acceptors (Lipinski definition) is 2. The second kappa shape index (κ2) is 5.11. The summed E-state index contributed by atoms with van der Waals surface area (Å²) in [5.74, 6) is -0.353. The summed E-state index contributed by atoms with van der Waals surface area (Å²) >= 11 is 0. The van der Waals surface area contributed by atoms with Gasteiger partial charge in [0.1, 0.15) is 5.75 Å². The van der Waals surface area contributed by atoms with Gasteiger partial charge in [-0.3, -0.25) is 0 Å². The van der Waals surface area contributed by atoms with Crippen LogP contribution in [0.4, 0.5) is 8.78 Å². The maximum Gasteiger partial charge on any atom is 0.349 e. The van der Waals surface area contributed by atoms with Crippen LogP contribution in [-0.2, 0) is 4.43 Å². The summed E-state index contributed by atoms with van der Waals surface area (Å²) in [6, 6.07) is 8.38. The van der Waals surface area contributed by atoms with E-state index in [9.17, 15) is 8.78 Å². The molecule has 0 bridgehead atoms. The Morgan fingerprint density at radius 2 is 1.62 bits per heavy atom. The Hall–Kier alpha value is -1.36. The van der Waals surface area contributed by atoms with Gasteiger partial charge in [-0.2, -0.15) is 8.78 Å². The molecule has 5 heteroatoms. The maximum atomic E-state index is 12.6. The molecule has 0 unspecified atom stereocenters. The Bertz CT molecular complexity index is 367. The zero-order valence-electron chi connectivity index (χ0n) is 9.46. The summed E-state index contributed by atoms with van der Waals surface area (Å²) in [5.41, 5.74) is 0. The van der Waals surface area contributed by atoms with E-state index in [1.807, 2.05) is 19.6 Å². The van der Waals surface area contributed by atoms with Gasteiger partial charge in [-0.1, -0.05) is 18.2 Å². The molecule has 0 radical (unpaired) electrons. The second-order valence-corrected chi connectivity index (χ2v) is 8.61. The monoisotopic (exact) mass is 244 g/mol. The van der Waals surface area contributed by atoms with Crippen LogP contribution in [0.3, 0.4) is 0 Å². The Labute approximate surface area is 94.6 Å². The smallest absolute Gasteiger partial charge is 0.349 e. The van der Waals surface area contributed by atoms with E-state index in [1.165, 1.54) is 0 Å². The van der Waals surface area contributed by atoms with Crippen molar-refractivity contribution in [1.29, 1.82) is 0 Å². The molecule has 0 saturated carbocycles. The van der Waals surface area contributed by atoms with E-state index in [0.29, 0.717) is 5.75 Å². The van der Waals surface area contributed by atoms with Crippen LogP contribution >= 0.6 is 0 Å². The topological polar surface area (TPSA) is 18.5 Å². The number of rotatable bonds is 4. The number of halogens is 2. The molecule has 0 fully saturated rings.